The molecule has 0 radical (unpaired) electrons. The lowest BCUT2D eigenvalue weighted by Gasteiger charge is -2.11. The highest BCUT2D eigenvalue weighted by atomic mass is 15.3. The van der Waals surface area contributed by atoms with E-state index in [2.05, 4.69) is 37.4 Å². The van der Waals surface area contributed by atoms with Gasteiger partial charge in [-0.2, -0.15) is 5.10 Å². The molecular weight excluding hydrogens is 198 g/mol. The zero-order valence-corrected chi connectivity index (χ0v) is 10.9. The molecule has 0 aliphatic heterocycles. The molecule has 1 unspecified atom stereocenters. The van der Waals surface area contributed by atoms with E-state index in [-0.39, 0.29) is 0 Å². The second kappa shape index (κ2) is 7.44. The first kappa shape index (κ1) is 13.2. The van der Waals surface area contributed by atoms with E-state index in [1.165, 1.54) is 18.4 Å². The average molecular weight is 223 g/mol. The predicted octanol–water partition coefficient (Wildman–Crippen LogP) is 2.61. The van der Waals surface area contributed by atoms with Crippen LogP contribution in [0.2, 0.25) is 0 Å². The molecule has 92 valence electrons. The molecule has 3 nitrogen and oxygen atoms in total. The van der Waals surface area contributed by atoms with Crippen LogP contribution in [0.5, 0.6) is 0 Å². The summed E-state index contributed by atoms with van der Waals surface area (Å²) in [6, 6.07) is 0. The number of hydrogen-bond acceptors (Lipinski definition) is 2. The van der Waals surface area contributed by atoms with Crippen LogP contribution in [0.4, 0.5) is 0 Å². The molecule has 1 heterocycles. The Morgan fingerprint density at radius 1 is 1.50 bits per heavy atom. The Morgan fingerprint density at radius 3 is 2.94 bits per heavy atom. The van der Waals surface area contributed by atoms with E-state index in [0.29, 0.717) is 0 Å². The molecule has 1 aromatic heterocycles. The molecular formula is C13H25N3. The maximum Gasteiger partial charge on any atom is 0.0518 e. The zero-order chi connectivity index (χ0) is 11.8. The van der Waals surface area contributed by atoms with Crippen molar-refractivity contribution in [2.75, 3.05) is 13.1 Å². The summed E-state index contributed by atoms with van der Waals surface area (Å²) in [5.74, 6) is 0.803. The van der Waals surface area contributed by atoms with E-state index in [1.54, 1.807) is 0 Å². The Hall–Kier alpha value is -0.830. The monoisotopic (exact) mass is 223 g/mol. The molecule has 16 heavy (non-hydrogen) atoms. The van der Waals surface area contributed by atoms with Gasteiger partial charge in [0, 0.05) is 12.7 Å². The maximum absolute atomic E-state index is 4.27. The van der Waals surface area contributed by atoms with E-state index in [9.17, 15) is 0 Å². The van der Waals surface area contributed by atoms with Crippen LogP contribution in [0.3, 0.4) is 0 Å². The molecule has 1 aromatic rings. The summed E-state index contributed by atoms with van der Waals surface area (Å²) in [5.41, 5.74) is 1.24. The third-order valence-electron chi connectivity index (χ3n) is 2.78. The molecule has 0 aliphatic rings. The van der Waals surface area contributed by atoms with Gasteiger partial charge >= 0.3 is 0 Å². The van der Waals surface area contributed by atoms with Gasteiger partial charge in [-0.25, -0.2) is 0 Å². The number of hydrogen-bond donors (Lipinski definition) is 1. The van der Waals surface area contributed by atoms with E-state index in [0.717, 1.165) is 32.0 Å². The lowest BCUT2D eigenvalue weighted by Crippen LogP contribution is -2.23. The Bertz CT molecular complexity index is 280. The second-order valence-corrected chi connectivity index (χ2v) is 4.73. The average Bonchev–Trinajstić information content (AvgIpc) is 2.64. The van der Waals surface area contributed by atoms with E-state index in [1.807, 2.05) is 10.9 Å². The number of aryl methyl sites for hydroxylation is 2. The van der Waals surface area contributed by atoms with Gasteiger partial charge in [0.1, 0.15) is 0 Å². The summed E-state index contributed by atoms with van der Waals surface area (Å²) in [6.45, 7) is 9.89. The number of nitrogens with one attached hydrogen (secondary N) is 1. The van der Waals surface area contributed by atoms with Gasteiger partial charge in [-0.3, -0.25) is 4.68 Å². The molecule has 1 rings (SSSR count). The van der Waals surface area contributed by atoms with E-state index < -0.39 is 0 Å². The Labute approximate surface area is 99.2 Å². The molecule has 0 fully saturated rings. The Morgan fingerprint density at radius 2 is 2.31 bits per heavy atom. The summed E-state index contributed by atoms with van der Waals surface area (Å²) in [6.07, 6.45) is 7.77. The molecule has 0 aromatic carbocycles. The molecule has 0 saturated heterocycles. The third-order valence-corrected chi connectivity index (χ3v) is 2.78. The summed E-state index contributed by atoms with van der Waals surface area (Å²) in [4.78, 5) is 0. The molecule has 1 N–H and O–H groups in total. The van der Waals surface area contributed by atoms with Crippen LogP contribution in [0.15, 0.2) is 12.4 Å². The number of nitrogens with zero attached hydrogens (tertiary/aromatic N) is 2. The summed E-state index contributed by atoms with van der Waals surface area (Å²) >= 11 is 0. The molecule has 0 saturated carbocycles. The van der Waals surface area contributed by atoms with Gasteiger partial charge in [-0.05, 0) is 44.3 Å². The Kier molecular flexibility index (Phi) is 6.16. The van der Waals surface area contributed by atoms with Gasteiger partial charge < -0.3 is 5.32 Å². The van der Waals surface area contributed by atoms with Gasteiger partial charge in [0.15, 0.2) is 0 Å². The van der Waals surface area contributed by atoms with Gasteiger partial charge in [0.2, 0.25) is 0 Å². The lowest BCUT2D eigenvalue weighted by atomic mass is 10.1. The minimum absolute atomic E-state index is 0.803. The fraction of sp³-hybridized carbons (Fsp3) is 0.769. The van der Waals surface area contributed by atoms with Crippen LogP contribution in [0.25, 0.3) is 0 Å². The van der Waals surface area contributed by atoms with Crippen LogP contribution >= 0.6 is 0 Å². The predicted molar refractivity (Wildman–Crippen MR) is 68.5 cm³/mol. The minimum atomic E-state index is 0.803. The normalized spacial score (nSPS) is 12.9. The minimum Gasteiger partial charge on any atom is -0.316 e. The lowest BCUT2D eigenvalue weighted by molar-refractivity contribution is 0.460. The van der Waals surface area contributed by atoms with Gasteiger partial charge in [-0.15, -0.1) is 0 Å². The summed E-state index contributed by atoms with van der Waals surface area (Å²) in [7, 11) is 0. The highest BCUT2D eigenvalue weighted by molar-refractivity contribution is 4.99. The second-order valence-electron chi connectivity index (χ2n) is 4.73. The van der Waals surface area contributed by atoms with E-state index in [4.69, 9.17) is 0 Å². The first-order chi connectivity index (χ1) is 7.72. The van der Waals surface area contributed by atoms with Gasteiger partial charge in [0.05, 0.1) is 6.20 Å². The molecule has 0 spiro atoms. The van der Waals surface area contributed by atoms with Gasteiger partial charge in [0.25, 0.3) is 0 Å². The third kappa shape index (κ3) is 5.31. The summed E-state index contributed by atoms with van der Waals surface area (Å²) in [5, 5.41) is 7.77. The Balaban J connectivity index is 2.00. The zero-order valence-electron chi connectivity index (χ0n) is 10.9. The highest BCUT2D eigenvalue weighted by Gasteiger charge is 1.99. The smallest absolute Gasteiger partial charge is 0.0518 e. The molecule has 1 atom stereocenters. The first-order valence-corrected chi connectivity index (χ1v) is 6.42. The fourth-order valence-electron chi connectivity index (χ4n) is 1.90. The van der Waals surface area contributed by atoms with Crippen molar-refractivity contribution in [3.63, 3.8) is 0 Å². The molecule has 0 bridgehead atoms. The quantitative estimate of drug-likeness (QED) is 0.687. The molecule has 0 aliphatic carbocycles. The number of aromatic nitrogens is 2. The first-order valence-electron chi connectivity index (χ1n) is 6.42. The van der Waals surface area contributed by atoms with Crippen LogP contribution in [-0.2, 0) is 6.54 Å². The molecule has 0 amide bonds. The van der Waals surface area contributed by atoms with Crippen molar-refractivity contribution in [2.45, 2.75) is 46.6 Å². The molecule has 3 heteroatoms. The van der Waals surface area contributed by atoms with Crippen molar-refractivity contribution in [1.82, 2.24) is 15.1 Å². The fourth-order valence-corrected chi connectivity index (χ4v) is 1.90. The standard InChI is InChI=1S/C13H25N3/c1-4-6-12(2)9-14-7-5-8-16-11-13(3)10-15-16/h10-12,14H,4-9H2,1-3H3. The van der Waals surface area contributed by atoms with E-state index >= 15 is 0 Å². The highest BCUT2D eigenvalue weighted by Crippen LogP contribution is 2.02. The van der Waals surface area contributed by atoms with Crippen LogP contribution in [0.1, 0.15) is 38.7 Å². The largest absolute Gasteiger partial charge is 0.316 e. The van der Waals surface area contributed by atoms with Crippen LogP contribution in [0, 0.1) is 12.8 Å². The van der Waals surface area contributed by atoms with Crippen molar-refractivity contribution in [3.8, 4) is 0 Å². The topological polar surface area (TPSA) is 29.9 Å². The SMILES string of the molecule is CCCC(C)CNCCCn1cc(C)cn1. The van der Waals surface area contributed by atoms with Crippen molar-refractivity contribution < 1.29 is 0 Å². The van der Waals surface area contributed by atoms with Crippen molar-refractivity contribution in [3.05, 3.63) is 18.0 Å². The van der Waals surface area contributed by atoms with Crippen LogP contribution < -0.4 is 5.32 Å². The van der Waals surface area contributed by atoms with Gasteiger partial charge in [-0.1, -0.05) is 20.3 Å². The van der Waals surface area contributed by atoms with Crippen molar-refractivity contribution in [2.24, 2.45) is 5.92 Å². The number of rotatable bonds is 8. The van der Waals surface area contributed by atoms with Crippen molar-refractivity contribution >= 4 is 0 Å². The summed E-state index contributed by atoms with van der Waals surface area (Å²) < 4.78 is 2.02. The maximum atomic E-state index is 4.27. The van der Waals surface area contributed by atoms with Crippen molar-refractivity contribution in [1.29, 1.82) is 0 Å². The van der Waals surface area contributed by atoms with Crippen LogP contribution in [-0.4, -0.2) is 22.9 Å².